The predicted octanol–water partition coefficient (Wildman–Crippen LogP) is 1.35. The summed E-state index contributed by atoms with van der Waals surface area (Å²) >= 11 is 0. The molecular formula is C14H23F3N2O3S. The summed E-state index contributed by atoms with van der Waals surface area (Å²) in [7, 11) is -2.91. The van der Waals surface area contributed by atoms with E-state index in [4.69, 9.17) is 0 Å². The lowest BCUT2D eigenvalue weighted by atomic mass is 9.66. The van der Waals surface area contributed by atoms with Gasteiger partial charge in [-0.25, -0.2) is 8.42 Å². The summed E-state index contributed by atoms with van der Waals surface area (Å²) in [6.07, 6.45) is -3.62. The summed E-state index contributed by atoms with van der Waals surface area (Å²) in [5.74, 6) is -0.260. The third kappa shape index (κ3) is 4.82. The molecule has 1 amide bonds. The van der Waals surface area contributed by atoms with Gasteiger partial charge in [-0.1, -0.05) is 6.42 Å². The highest BCUT2D eigenvalue weighted by molar-refractivity contribution is 7.91. The number of alkyl halides is 3. The molecule has 1 aliphatic carbocycles. The van der Waals surface area contributed by atoms with Crippen molar-refractivity contribution in [3.8, 4) is 0 Å². The lowest BCUT2D eigenvalue weighted by molar-refractivity contribution is -0.251. The van der Waals surface area contributed by atoms with Crippen LogP contribution in [0.3, 0.4) is 0 Å². The van der Waals surface area contributed by atoms with E-state index in [9.17, 15) is 26.4 Å². The van der Waals surface area contributed by atoms with Crippen molar-refractivity contribution in [2.24, 2.45) is 5.41 Å². The molecule has 1 aliphatic heterocycles. The fourth-order valence-corrected chi connectivity index (χ4v) is 4.32. The van der Waals surface area contributed by atoms with Gasteiger partial charge in [-0.05, 0) is 25.8 Å². The minimum atomic E-state index is -4.32. The Labute approximate surface area is 134 Å². The monoisotopic (exact) mass is 356 g/mol. The lowest BCUT2D eigenvalue weighted by Crippen LogP contribution is -2.47. The first-order valence-corrected chi connectivity index (χ1v) is 9.72. The number of nitrogens with one attached hydrogen (secondary N) is 1. The van der Waals surface area contributed by atoms with E-state index >= 15 is 0 Å². The van der Waals surface area contributed by atoms with Crippen LogP contribution in [0.1, 0.15) is 32.1 Å². The molecule has 5 nitrogen and oxygen atoms in total. The highest BCUT2D eigenvalue weighted by Gasteiger charge is 2.58. The number of sulfone groups is 1. The fourth-order valence-electron chi connectivity index (χ4n) is 3.04. The maximum Gasteiger partial charge on any atom is 0.395 e. The third-order valence-electron chi connectivity index (χ3n) is 4.82. The second-order valence-corrected chi connectivity index (χ2v) is 8.81. The van der Waals surface area contributed by atoms with E-state index in [1.165, 1.54) is 0 Å². The quantitative estimate of drug-likeness (QED) is 0.730. The van der Waals surface area contributed by atoms with E-state index in [1.807, 2.05) is 4.90 Å². The van der Waals surface area contributed by atoms with Crippen LogP contribution >= 0.6 is 0 Å². The van der Waals surface area contributed by atoms with Gasteiger partial charge in [0, 0.05) is 26.1 Å². The zero-order valence-corrected chi connectivity index (χ0v) is 13.8. The van der Waals surface area contributed by atoms with Gasteiger partial charge in [-0.15, -0.1) is 0 Å². The van der Waals surface area contributed by atoms with Gasteiger partial charge >= 0.3 is 6.18 Å². The van der Waals surface area contributed by atoms with Crippen molar-refractivity contribution in [2.75, 3.05) is 37.7 Å². The first-order chi connectivity index (χ1) is 10.6. The Bertz CT molecular complexity index is 516. The number of hydrogen-bond donors (Lipinski definition) is 1. The minimum absolute atomic E-state index is 0.0339. The molecule has 0 bridgehead atoms. The molecule has 0 spiro atoms. The highest BCUT2D eigenvalue weighted by Crippen LogP contribution is 2.55. The van der Waals surface area contributed by atoms with Crippen molar-refractivity contribution in [1.29, 1.82) is 0 Å². The average molecular weight is 356 g/mol. The molecule has 0 aromatic heterocycles. The number of rotatable bonds is 6. The first-order valence-electron chi connectivity index (χ1n) is 7.90. The molecule has 134 valence electrons. The Morgan fingerprint density at radius 3 is 2.26 bits per heavy atom. The Morgan fingerprint density at radius 2 is 1.78 bits per heavy atom. The molecule has 0 atom stereocenters. The van der Waals surface area contributed by atoms with Crippen LogP contribution in [0, 0.1) is 5.41 Å². The molecule has 2 fully saturated rings. The molecule has 1 heterocycles. The van der Waals surface area contributed by atoms with Gasteiger partial charge in [0.05, 0.1) is 16.9 Å². The molecule has 2 rings (SSSR count). The molecular weight excluding hydrogens is 333 g/mol. The van der Waals surface area contributed by atoms with E-state index in [2.05, 4.69) is 5.32 Å². The van der Waals surface area contributed by atoms with Crippen LogP contribution in [0.25, 0.3) is 0 Å². The van der Waals surface area contributed by atoms with Gasteiger partial charge in [0.15, 0.2) is 9.84 Å². The number of amides is 1. The van der Waals surface area contributed by atoms with Crippen LogP contribution in [0.2, 0.25) is 0 Å². The molecule has 9 heteroatoms. The van der Waals surface area contributed by atoms with E-state index in [-0.39, 0.29) is 24.3 Å². The molecule has 1 N–H and O–H groups in total. The van der Waals surface area contributed by atoms with Crippen molar-refractivity contribution >= 4 is 15.7 Å². The van der Waals surface area contributed by atoms with Gasteiger partial charge in [-0.3, -0.25) is 4.79 Å². The second-order valence-electron chi connectivity index (χ2n) is 6.51. The lowest BCUT2D eigenvalue weighted by Gasteiger charge is -2.42. The predicted molar refractivity (Wildman–Crippen MR) is 79.7 cm³/mol. The van der Waals surface area contributed by atoms with E-state index < -0.39 is 33.8 Å². The number of carbonyl (C=O) groups is 1. The maximum absolute atomic E-state index is 13.0. The van der Waals surface area contributed by atoms with Crippen molar-refractivity contribution in [3.05, 3.63) is 0 Å². The average Bonchev–Trinajstić information content (AvgIpc) is 2.39. The summed E-state index contributed by atoms with van der Waals surface area (Å²) in [5, 5.41) is 2.55. The summed E-state index contributed by atoms with van der Waals surface area (Å²) in [6, 6.07) is 0. The Kier molecular flexibility index (Phi) is 5.60. The van der Waals surface area contributed by atoms with Crippen LogP contribution in [0.4, 0.5) is 13.2 Å². The van der Waals surface area contributed by atoms with Crippen molar-refractivity contribution in [1.82, 2.24) is 10.2 Å². The molecule has 23 heavy (non-hydrogen) atoms. The summed E-state index contributed by atoms with van der Waals surface area (Å²) in [6.45, 7) is 1.91. The smallest absolute Gasteiger partial charge is 0.356 e. The Hall–Kier alpha value is -0.830. The SMILES string of the molecule is O=C(CC1(C(F)(F)F)CCC1)NCCCN1CCS(=O)(=O)CC1. The van der Waals surface area contributed by atoms with Gasteiger partial charge in [0.25, 0.3) is 0 Å². The van der Waals surface area contributed by atoms with E-state index in [1.54, 1.807) is 0 Å². The molecule has 0 unspecified atom stereocenters. The maximum atomic E-state index is 13.0. The largest absolute Gasteiger partial charge is 0.395 e. The molecule has 0 aromatic rings. The van der Waals surface area contributed by atoms with E-state index in [0.29, 0.717) is 39.0 Å². The van der Waals surface area contributed by atoms with Crippen molar-refractivity contribution in [2.45, 2.75) is 38.3 Å². The van der Waals surface area contributed by atoms with E-state index in [0.717, 1.165) is 0 Å². The second kappa shape index (κ2) is 6.96. The van der Waals surface area contributed by atoms with Crippen molar-refractivity contribution in [3.63, 3.8) is 0 Å². The molecule has 1 saturated heterocycles. The van der Waals surface area contributed by atoms with Gasteiger partial charge in [0.1, 0.15) is 0 Å². The summed E-state index contributed by atoms with van der Waals surface area (Å²) in [5.41, 5.74) is -1.82. The molecule has 2 aliphatic rings. The van der Waals surface area contributed by atoms with Gasteiger partial charge in [-0.2, -0.15) is 13.2 Å². The first kappa shape index (κ1) is 18.5. The zero-order chi connectivity index (χ0) is 17.1. The highest BCUT2D eigenvalue weighted by atomic mass is 32.2. The number of carbonyl (C=O) groups excluding carboxylic acids is 1. The molecule has 0 aromatic carbocycles. The Morgan fingerprint density at radius 1 is 1.17 bits per heavy atom. The van der Waals surface area contributed by atoms with Crippen LogP contribution in [-0.2, 0) is 14.6 Å². The standard InChI is InChI=1S/C14H23F3N2O3S/c15-14(16,17)13(3-1-4-13)11-12(20)18-5-2-6-19-7-9-23(21,22)10-8-19/h1-11H2,(H,18,20). The van der Waals surface area contributed by atoms with Gasteiger partial charge in [0.2, 0.25) is 5.91 Å². The minimum Gasteiger partial charge on any atom is -0.356 e. The third-order valence-corrected chi connectivity index (χ3v) is 6.43. The van der Waals surface area contributed by atoms with Crippen LogP contribution in [0.15, 0.2) is 0 Å². The number of halogens is 3. The van der Waals surface area contributed by atoms with Crippen LogP contribution in [0.5, 0.6) is 0 Å². The summed E-state index contributed by atoms with van der Waals surface area (Å²) in [4.78, 5) is 13.7. The zero-order valence-electron chi connectivity index (χ0n) is 13.0. The summed E-state index contributed by atoms with van der Waals surface area (Å²) < 4.78 is 61.5. The van der Waals surface area contributed by atoms with Crippen LogP contribution < -0.4 is 5.32 Å². The fraction of sp³-hybridized carbons (Fsp3) is 0.929. The number of hydrogen-bond acceptors (Lipinski definition) is 4. The Balaban J connectivity index is 1.64. The topological polar surface area (TPSA) is 66.5 Å². The van der Waals surface area contributed by atoms with Gasteiger partial charge < -0.3 is 10.2 Å². The number of nitrogens with zero attached hydrogens (tertiary/aromatic N) is 1. The molecule has 0 radical (unpaired) electrons. The van der Waals surface area contributed by atoms with Crippen LogP contribution in [-0.4, -0.2) is 63.1 Å². The molecule has 1 saturated carbocycles. The van der Waals surface area contributed by atoms with Crippen molar-refractivity contribution < 1.29 is 26.4 Å². The normalized spacial score (nSPS) is 24.0.